The molecule has 0 bridgehead atoms. The maximum absolute atomic E-state index is 6.59. The van der Waals surface area contributed by atoms with Crippen molar-refractivity contribution in [3.05, 3.63) is 62.0 Å². The zero-order valence-corrected chi connectivity index (χ0v) is 14.5. The van der Waals surface area contributed by atoms with Gasteiger partial charge in [-0.25, -0.2) is 0 Å². The molecule has 0 N–H and O–H groups in total. The van der Waals surface area contributed by atoms with Crippen molar-refractivity contribution in [1.82, 2.24) is 0 Å². The molecule has 0 aliphatic carbocycles. The summed E-state index contributed by atoms with van der Waals surface area (Å²) in [6, 6.07) is 12.0. The van der Waals surface area contributed by atoms with Crippen molar-refractivity contribution in [2.75, 3.05) is 7.11 Å². The third-order valence-electron chi connectivity index (χ3n) is 2.98. The van der Waals surface area contributed by atoms with Gasteiger partial charge in [-0.05, 0) is 63.8 Å². The largest absolute Gasteiger partial charge is 0.496 e. The van der Waals surface area contributed by atoms with Crippen molar-refractivity contribution in [3.8, 4) is 5.75 Å². The maximum atomic E-state index is 6.59. The average Bonchev–Trinajstić information content (AvgIpc) is 2.40. The molecule has 0 fully saturated rings. The van der Waals surface area contributed by atoms with E-state index >= 15 is 0 Å². The van der Waals surface area contributed by atoms with Crippen LogP contribution in [-0.4, -0.2) is 7.11 Å². The SMILES string of the molecule is COc1ccc(C(Cl)c2cc(Br)ccc2C)cc1Br. The lowest BCUT2D eigenvalue weighted by atomic mass is 10.00. The van der Waals surface area contributed by atoms with Crippen LogP contribution in [0.3, 0.4) is 0 Å². The summed E-state index contributed by atoms with van der Waals surface area (Å²) in [6.07, 6.45) is 0. The molecule has 0 saturated heterocycles. The van der Waals surface area contributed by atoms with Crippen molar-refractivity contribution >= 4 is 43.5 Å². The van der Waals surface area contributed by atoms with E-state index in [9.17, 15) is 0 Å². The second-order valence-corrected chi connectivity index (χ2v) is 6.46. The van der Waals surface area contributed by atoms with Crippen LogP contribution >= 0.6 is 43.5 Å². The summed E-state index contributed by atoms with van der Waals surface area (Å²) in [4.78, 5) is 0. The van der Waals surface area contributed by atoms with Crippen LogP contribution in [-0.2, 0) is 0 Å². The van der Waals surface area contributed by atoms with E-state index in [2.05, 4.69) is 50.9 Å². The first kappa shape index (κ1) is 14.9. The lowest BCUT2D eigenvalue weighted by Crippen LogP contribution is -1.97. The molecule has 0 aliphatic rings. The second-order valence-electron chi connectivity index (χ2n) is 4.26. The van der Waals surface area contributed by atoms with Gasteiger partial charge >= 0.3 is 0 Å². The predicted octanol–water partition coefficient (Wildman–Crippen LogP) is 5.86. The number of hydrogen-bond acceptors (Lipinski definition) is 1. The minimum Gasteiger partial charge on any atom is -0.496 e. The van der Waals surface area contributed by atoms with Crippen LogP contribution in [0, 0.1) is 6.92 Å². The third kappa shape index (κ3) is 3.33. The van der Waals surface area contributed by atoms with E-state index in [0.29, 0.717) is 0 Å². The van der Waals surface area contributed by atoms with Gasteiger partial charge in [-0.2, -0.15) is 0 Å². The van der Waals surface area contributed by atoms with Gasteiger partial charge in [-0.1, -0.05) is 28.1 Å². The second kappa shape index (κ2) is 6.29. The van der Waals surface area contributed by atoms with Crippen molar-refractivity contribution in [1.29, 1.82) is 0 Å². The number of aryl methyl sites for hydroxylation is 1. The lowest BCUT2D eigenvalue weighted by Gasteiger charge is -2.15. The zero-order valence-electron chi connectivity index (χ0n) is 10.6. The van der Waals surface area contributed by atoms with Gasteiger partial charge in [0.15, 0.2) is 0 Å². The highest BCUT2D eigenvalue weighted by Crippen LogP contribution is 2.36. The van der Waals surface area contributed by atoms with Crippen LogP contribution in [0.5, 0.6) is 5.75 Å². The summed E-state index contributed by atoms with van der Waals surface area (Å²) < 4.78 is 7.17. The number of rotatable bonds is 3. The molecule has 0 saturated carbocycles. The number of hydrogen-bond donors (Lipinski definition) is 0. The normalized spacial score (nSPS) is 12.3. The molecule has 19 heavy (non-hydrogen) atoms. The van der Waals surface area contributed by atoms with Gasteiger partial charge in [-0.15, -0.1) is 11.6 Å². The number of benzene rings is 2. The molecule has 0 amide bonds. The first-order valence-electron chi connectivity index (χ1n) is 5.76. The van der Waals surface area contributed by atoms with Crippen LogP contribution in [0.1, 0.15) is 22.1 Å². The molecule has 2 aromatic rings. The maximum Gasteiger partial charge on any atom is 0.133 e. The molecule has 4 heteroatoms. The van der Waals surface area contributed by atoms with Crippen molar-refractivity contribution in [3.63, 3.8) is 0 Å². The monoisotopic (exact) mass is 402 g/mol. The van der Waals surface area contributed by atoms with E-state index in [1.165, 1.54) is 5.56 Å². The third-order valence-corrected chi connectivity index (χ3v) is 4.58. The average molecular weight is 405 g/mol. The highest BCUT2D eigenvalue weighted by atomic mass is 79.9. The number of alkyl halides is 1. The summed E-state index contributed by atoms with van der Waals surface area (Å²) in [6.45, 7) is 2.07. The molecule has 1 nitrogen and oxygen atoms in total. The molecule has 0 aromatic heterocycles. The fraction of sp³-hybridized carbons (Fsp3) is 0.200. The minimum atomic E-state index is -0.181. The van der Waals surface area contributed by atoms with E-state index in [1.807, 2.05) is 24.3 Å². The Morgan fingerprint density at radius 2 is 1.84 bits per heavy atom. The first-order chi connectivity index (χ1) is 9.02. The molecule has 1 unspecified atom stereocenters. The Hall–Kier alpha value is -0.510. The van der Waals surface area contributed by atoms with Crippen LogP contribution in [0.25, 0.3) is 0 Å². The van der Waals surface area contributed by atoms with E-state index in [0.717, 1.165) is 25.8 Å². The van der Waals surface area contributed by atoms with Gasteiger partial charge in [0.2, 0.25) is 0 Å². The summed E-state index contributed by atoms with van der Waals surface area (Å²) in [5, 5.41) is -0.181. The molecule has 0 heterocycles. The van der Waals surface area contributed by atoms with Crippen LogP contribution in [0.15, 0.2) is 45.3 Å². The van der Waals surface area contributed by atoms with Gasteiger partial charge in [-0.3, -0.25) is 0 Å². The quantitative estimate of drug-likeness (QED) is 0.583. The molecular formula is C15H13Br2ClO. The summed E-state index contributed by atoms with van der Waals surface area (Å²) in [5.74, 6) is 0.804. The fourth-order valence-electron chi connectivity index (χ4n) is 1.90. The molecule has 0 radical (unpaired) electrons. The van der Waals surface area contributed by atoms with Crippen LogP contribution in [0.2, 0.25) is 0 Å². The standard InChI is InChI=1S/C15H13Br2ClO/c1-9-3-5-11(16)8-12(9)15(18)10-4-6-14(19-2)13(17)7-10/h3-8,15H,1-2H3. The van der Waals surface area contributed by atoms with E-state index in [-0.39, 0.29) is 5.38 Å². The predicted molar refractivity (Wildman–Crippen MR) is 87.3 cm³/mol. The molecule has 0 spiro atoms. The van der Waals surface area contributed by atoms with Gasteiger partial charge < -0.3 is 4.74 Å². The Morgan fingerprint density at radius 3 is 2.47 bits per heavy atom. The van der Waals surface area contributed by atoms with E-state index < -0.39 is 0 Å². The Kier molecular flexibility index (Phi) is 4.93. The smallest absolute Gasteiger partial charge is 0.133 e. The Bertz CT molecular complexity index is 599. The molecule has 100 valence electrons. The van der Waals surface area contributed by atoms with Gasteiger partial charge in [0, 0.05) is 4.47 Å². The van der Waals surface area contributed by atoms with Crippen molar-refractivity contribution in [2.45, 2.75) is 12.3 Å². The summed E-state index contributed by atoms with van der Waals surface area (Å²) in [5.41, 5.74) is 3.32. The molecule has 0 aliphatic heterocycles. The highest BCUT2D eigenvalue weighted by Gasteiger charge is 2.15. The van der Waals surface area contributed by atoms with Gasteiger partial charge in [0.25, 0.3) is 0 Å². The first-order valence-corrected chi connectivity index (χ1v) is 7.78. The van der Waals surface area contributed by atoms with E-state index in [4.69, 9.17) is 16.3 Å². The Morgan fingerprint density at radius 1 is 1.11 bits per heavy atom. The van der Waals surface area contributed by atoms with Gasteiger partial charge in [0.05, 0.1) is 17.0 Å². The number of methoxy groups -OCH3 is 1. The Labute approximate surface area is 135 Å². The topological polar surface area (TPSA) is 9.23 Å². The molecule has 1 atom stereocenters. The highest BCUT2D eigenvalue weighted by molar-refractivity contribution is 9.10. The van der Waals surface area contributed by atoms with Crippen LogP contribution in [0.4, 0.5) is 0 Å². The zero-order chi connectivity index (χ0) is 14.0. The van der Waals surface area contributed by atoms with Crippen molar-refractivity contribution in [2.24, 2.45) is 0 Å². The molecular weight excluding hydrogens is 391 g/mol. The van der Waals surface area contributed by atoms with Crippen LogP contribution < -0.4 is 4.74 Å². The minimum absolute atomic E-state index is 0.181. The summed E-state index contributed by atoms with van der Waals surface area (Å²) in [7, 11) is 1.65. The molecule has 2 aromatic carbocycles. The lowest BCUT2D eigenvalue weighted by molar-refractivity contribution is 0.412. The summed E-state index contributed by atoms with van der Waals surface area (Å²) >= 11 is 13.6. The van der Waals surface area contributed by atoms with Gasteiger partial charge in [0.1, 0.15) is 5.75 Å². The Balaban J connectivity index is 2.41. The number of ether oxygens (including phenoxy) is 1. The number of halogens is 3. The fourth-order valence-corrected chi connectivity index (χ4v) is 3.21. The van der Waals surface area contributed by atoms with E-state index in [1.54, 1.807) is 7.11 Å². The molecule has 2 rings (SSSR count). The van der Waals surface area contributed by atoms with Crippen molar-refractivity contribution < 1.29 is 4.74 Å².